The molecule has 22 heavy (non-hydrogen) atoms. The molecule has 1 aliphatic rings. The van der Waals surface area contributed by atoms with E-state index in [9.17, 15) is 4.79 Å². The Hall–Kier alpha value is -2.34. The molecule has 2 aromatic heterocycles. The van der Waals surface area contributed by atoms with Gasteiger partial charge in [0.1, 0.15) is 0 Å². The minimum atomic E-state index is -0.191. The Morgan fingerprint density at radius 3 is 3.05 bits per heavy atom. The number of ether oxygens (including phenoxy) is 1. The fourth-order valence-electron chi connectivity index (χ4n) is 2.43. The van der Waals surface area contributed by atoms with Crippen LogP contribution >= 0.6 is 0 Å². The normalized spacial score (nSPS) is 17.4. The zero-order valence-corrected chi connectivity index (χ0v) is 12.2. The molecule has 3 heterocycles. The van der Waals surface area contributed by atoms with Crippen molar-refractivity contribution >= 4 is 6.03 Å². The maximum absolute atomic E-state index is 11.8. The summed E-state index contributed by atoms with van der Waals surface area (Å²) in [6, 6.07) is 3.67. The average molecular weight is 301 g/mol. The number of urea groups is 1. The molecule has 1 aliphatic heterocycles. The average Bonchev–Trinajstić information content (AvgIpc) is 3.24. The highest BCUT2D eigenvalue weighted by Crippen LogP contribution is 2.19. The summed E-state index contributed by atoms with van der Waals surface area (Å²) in [6.07, 6.45) is 9.03. The maximum atomic E-state index is 11.8. The molecule has 0 bridgehead atoms. The number of hydrogen-bond acceptors (Lipinski definition) is 4. The molecule has 0 saturated carbocycles. The lowest BCUT2D eigenvalue weighted by Crippen LogP contribution is -2.39. The molecule has 1 fully saturated rings. The molecule has 0 radical (unpaired) electrons. The van der Waals surface area contributed by atoms with Crippen molar-refractivity contribution in [2.75, 3.05) is 13.2 Å². The van der Waals surface area contributed by atoms with E-state index in [0.717, 1.165) is 36.1 Å². The molecular weight excluding hydrogens is 282 g/mol. The summed E-state index contributed by atoms with van der Waals surface area (Å²) in [4.78, 5) is 16.0. The Labute approximate surface area is 128 Å². The smallest absolute Gasteiger partial charge is 0.315 e. The highest BCUT2D eigenvalue weighted by atomic mass is 16.5. The Bertz CT molecular complexity index is 607. The third-order valence-electron chi connectivity index (χ3n) is 3.62. The van der Waals surface area contributed by atoms with Crippen molar-refractivity contribution in [1.29, 1.82) is 0 Å². The second kappa shape index (κ2) is 7.09. The zero-order chi connectivity index (χ0) is 15.2. The first-order valence-electron chi connectivity index (χ1n) is 7.41. The molecule has 6 nitrogen and oxygen atoms in total. The quantitative estimate of drug-likeness (QED) is 0.888. The fourth-order valence-corrected chi connectivity index (χ4v) is 2.43. The van der Waals surface area contributed by atoms with Gasteiger partial charge in [0.15, 0.2) is 0 Å². The second-order valence-corrected chi connectivity index (χ2v) is 5.29. The van der Waals surface area contributed by atoms with E-state index in [-0.39, 0.29) is 12.1 Å². The first-order chi connectivity index (χ1) is 10.8. The van der Waals surface area contributed by atoms with Gasteiger partial charge < -0.3 is 19.8 Å². The van der Waals surface area contributed by atoms with Gasteiger partial charge in [0, 0.05) is 43.2 Å². The molecule has 6 heteroatoms. The largest absolute Gasteiger partial charge is 0.472 e. The topological polar surface area (TPSA) is 76.4 Å². The van der Waals surface area contributed by atoms with Crippen LogP contribution < -0.4 is 10.6 Å². The lowest BCUT2D eigenvalue weighted by molar-refractivity contribution is 0.111. The van der Waals surface area contributed by atoms with Gasteiger partial charge in [-0.2, -0.15) is 0 Å². The van der Waals surface area contributed by atoms with Gasteiger partial charge in [-0.1, -0.05) is 0 Å². The van der Waals surface area contributed by atoms with Gasteiger partial charge in [-0.15, -0.1) is 0 Å². The van der Waals surface area contributed by atoms with Crippen LogP contribution in [0.15, 0.2) is 41.5 Å². The molecule has 0 unspecified atom stereocenters. The monoisotopic (exact) mass is 301 g/mol. The minimum absolute atomic E-state index is 0.150. The summed E-state index contributed by atoms with van der Waals surface area (Å²) in [6.45, 7) is 1.77. The molecule has 2 N–H and O–H groups in total. The summed E-state index contributed by atoms with van der Waals surface area (Å²) in [5.41, 5.74) is 2.87. The number of hydrogen-bond donors (Lipinski definition) is 2. The summed E-state index contributed by atoms with van der Waals surface area (Å²) in [5.74, 6) is 0. The fraction of sp³-hybridized carbons (Fsp3) is 0.375. The van der Waals surface area contributed by atoms with Crippen molar-refractivity contribution in [3.63, 3.8) is 0 Å². The van der Waals surface area contributed by atoms with Crippen molar-refractivity contribution in [2.24, 2.45) is 0 Å². The van der Waals surface area contributed by atoms with E-state index in [1.54, 1.807) is 24.9 Å². The highest BCUT2D eigenvalue weighted by Gasteiger charge is 2.15. The Kier molecular flexibility index (Phi) is 4.70. The van der Waals surface area contributed by atoms with E-state index in [4.69, 9.17) is 9.15 Å². The molecule has 0 spiro atoms. The molecule has 0 aliphatic carbocycles. The van der Waals surface area contributed by atoms with Crippen LogP contribution in [0.4, 0.5) is 4.79 Å². The van der Waals surface area contributed by atoms with Crippen molar-refractivity contribution < 1.29 is 13.9 Å². The van der Waals surface area contributed by atoms with Gasteiger partial charge in [-0.3, -0.25) is 4.98 Å². The van der Waals surface area contributed by atoms with Gasteiger partial charge >= 0.3 is 6.03 Å². The maximum Gasteiger partial charge on any atom is 0.315 e. The van der Waals surface area contributed by atoms with E-state index in [2.05, 4.69) is 15.6 Å². The molecule has 1 saturated heterocycles. The Morgan fingerprint density at radius 1 is 1.32 bits per heavy atom. The Balaban J connectivity index is 1.48. The number of rotatable bonds is 5. The number of carbonyl (C=O) groups excluding carboxylic acids is 1. The zero-order valence-electron chi connectivity index (χ0n) is 12.2. The van der Waals surface area contributed by atoms with E-state index in [1.807, 2.05) is 12.1 Å². The van der Waals surface area contributed by atoms with E-state index in [1.165, 1.54) is 0 Å². The van der Waals surface area contributed by atoms with Gasteiger partial charge in [-0.25, -0.2) is 4.79 Å². The van der Waals surface area contributed by atoms with Crippen molar-refractivity contribution in [1.82, 2.24) is 15.6 Å². The number of pyridine rings is 1. The van der Waals surface area contributed by atoms with Gasteiger partial charge in [0.25, 0.3) is 0 Å². The van der Waals surface area contributed by atoms with E-state index < -0.39 is 0 Å². The number of carbonyl (C=O) groups is 1. The summed E-state index contributed by atoms with van der Waals surface area (Å²) >= 11 is 0. The number of nitrogens with one attached hydrogen (secondary N) is 2. The second-order valence-electron chi connectivity index (χ2n) is 5.29. The standard InChI is InChI=1S/C16H19N3O3/c20-16(19-10-15-2-1-4-22-15)18-8-12-6-14(9-17-7-12)13-3-5-21-11-13/h3,5-7,9,11,15H,1-2,4,8,10H2,(H2,18,19,20)/t15-/m1/s1. The predicted molar refractivity (Wildman–Crippen MR) is 81.2 cm³/mol. The van der Waals surface area contributed by atoms with Gasteiger partial charge in [0.05, 0.1) is 18.6 Å². The van der Waals surface area contributed by atoms with Crippen LogP contribution in [0.2, 0.25) is 0 Å². The van der Waals surface area contributed by atoms with Crippen LogP contribution in [0, 0.1) is 0 Å². The summed E-state index contributed by atoms with van der Waals surface area (Å²) in [7, 11) is 0. The van der Waals surface area contributed by atoms with E-state index >= 15 is 0 Å². The number of nitrogens with zero attached hydrogens (tertiary/aromatic N) is 1. The van der Waals surface area contributed by atoms with Crippen LogP contribution in [-0.2, 0) is 11.3 Å². The minimum Gasteiger partial charge on any atom is -0.472 e. The first-order valence-corrected chi connectivity index (χ1v) is 7.41. The third kappa shape index (κ3) is 3.85. The van der Waals surface area contributed by atoms with Crippen LogP contribution in [-0.4, -0.2) is 30.3 Å². The molecule has 3 rings (SSSR count). The number of furan rings is 1. The van der Waals surface area contributed by atoms with E-state index in [0.29, 0.717) is 13.1 Å². The number of amides is 2. The van der Waals surface area contributed by atoms with Gasteiger partial charge in [-0.05, 0) is 30.5 Å². The van der Waals surface area contributed by atoms with Crippen LogP contribution in [0.3, 0.4) is 0 Å². The lowest BCUT2D eigenvalue weighted by atomic mass is 10.1. The first kappa shape index (κ1) is 14.6. The molecule has 1 atom stereocenters. The summed E-state index contributed by atoms with van der Waals surface area (Å²) in [5, 5.41) is 5.65. The highest BCUT2D eigenvalue weighted by molar-refractivity contribution is 5.73. The predicted octanol–water partition coefficient (Wildman–Crippen LogP) is 2.32. The molecule has 2 aromatic rings. The van der Waals surface area contributed by atoms with Crippen molar-refractivity contribution in [3.8, 4) is 11.1 Å². The van der Waals surface area contributed by atoms with Crippen LogP contribution in [0.1, 0.15) is 18.4 Å². The summed E-state index contributed by atoms with van der Waals surface area (Å²) < 4.78 is 10.5. The van der Waals surface area contributed by atoms with Crippen LogP contribution in [0.5, 0.6) is 0 Å². The Morgan fingerprint density at radius 2 is 2.27 bits per heavy atom. The van der Waals surface area contributed by atoms with Crippen LogP contribution in [0.25, 0.3) is 11.1 Å². The number of aromatic nitrogens is 1. The van der Waals surface area contributed by atoms with Crippen molar-refractivity contribution in [2.45, 2.75) is 25.5 Å². The molecule has 2 amide bonds. The molecule has 116 valence electrons. The molecule has 0 aromatic carbocycles. The van der Waals surface area contributed by atoms with Crippen molar-refractivity contribution in [3.05, 3.63) is 42.6 Å². The SMILES string of the molecule is O=C(NCc1cncc(-c2ccoc2)c1)NC[C@H]1CCCO1. The van der Waals surface area contributed by atoms with Gasteiger partial charge in [0.2, 0.25) is 0 Å². The third-order valence-corrected chi connectivity index (χ3v) is 3.62. The molecular formula is C16H19N3O3. The lowest BCUT2D eigenvalue weighted by Gasteiger charge is -2.12.